The normalized spacial score (nSPS) is 11.6. The zero-order valence-electron chi connectivity index (χ0n) is 20.9. The van der Waals surface area contributed by atoms with Crippen LogP contribution in [0.1, 0.15) is 0 Å². The zero-order chi connectivity index (χ0) is 25.8. The number of hydrogen-bond acceptors (Lipinski definition) is 4. The first-order chi connectivity index (χ1) is 19.3. The van der Waals surface area contributed by atoms with Gasteiger partial charge in [-0.05, 0) is 28.3 Å². The van der Waals surface area contributed by atoms with Crippen LogP contribution < -0.4 is 0 Å². The topological polar surface area (TPSA) is 51.8 Å². The van der Waals surface area contributed by atoms with Crippen molar-refractivity contribution < 1.29 is 4.42 Å². The fourth-order valence-electron chi connectivity index (χ4n) is 5.46. The lowest BCUT2D eigenvalue weighted by atomic mass is 10.0. The predicted molar refractivity (Wildman–Crippen MR) is 158 cm³/mol. The van der Waals surface area contributed by atoms with E-state index in [2.05, 4.69) is 54.6 Å². The van der Waals surface area contributed by atoms with Crippen molar-refractivity contribution in [1.82, 2.24) is 15.0 Å². The lowest BCUT2D eigenvalue weighted by Crippen LogP contribution is -2.00. The van der Waals surface area contributed by atoms with Crippen LogP contribution in [0.2, 0.25) is 0 Å². The van der Waals surface area contributed by atoms with Crippen molar-refractivity contribution >= 4 is 43.5 Å². The second-order valence-corrected chi connectivity index (χ2v) is 9.65. The van der Waals surface area contributed by atoms with E-state index in [-0.39, 0.29) is 0 Å². The number of rotatable bonds is 3. The van der Waals surface area contributed by atoms with Crippen molar-refractivity contribution in [1.29, 1.82) is 0 Å². The van der Waals surface area contributed by atoms with Gasteiger partial charge >= 0.3 is 0 Å². The van der Waals surface area contributed by atoms with Gasteiger partial charge in [0, 0.05) is 27.3 Å². The number of para-hydroxylation sites is 1. The van der Waals surface area contributed by atoms with Crippen molar-refractivity contribution in [3.05, 3.63) is 127 Å². The molecule has 0 atom stereocenters. The molecule has 6 aromatic carbocycles. The largest absolute Gasteiger partial charge is 0.455 e. The van der Waals surface area contributed by atoms with E-state index in [0.29, 0.717) is 17.5 Å². The summed E-state index contributed by atoms with van der Waals surface area (Å²) >= 11 is 0. The van der Waals surface area contributed by atoms with Crippen LogP contribution in [0.4, 0.5) is 0 Å². The van der Waals surface area contributed by atoms with Crippen molar-refractivity contribution in [3.63, 3.8) is 0 Å². The van der Waals surface area contributed by atoms with Crippen LogP contribution in [0.3, 0.4) is 0 Å². The molecule has 8 rings (SSSR count). The van der Waals surface area contributed by atoms with E-state index >= 15 is 0 Å². The Morgan fingerprint density at radius 1 is 0.359 bits per heavy atom. The second-order valence-electron chi connectivity index (χ2n) is 9.65. The number of aromatic nitrogens is 3. The minimum Gasteiger partial charge on any atom is -0.455 e. The van der Waals surface area contributed by atoms with Crippen LogP contribution in [0.15, 0.2) is 132 Å². The number of hydrogen-bond donors (Lipinski definition) is 0. The highest BCUT2D eigenvalue weighted by Gasteiger charge is 2.19. The highest BCUT2D eigenvalue weighted by molar-refractivity contribution is 6.17. The third kappa shape index (κ3) is 3.50. The molecule has 0 fully saturated rings. The Morgan fingerprint density at radius 3 is 1.77 bits per heavy atom. The van der Waals surface area contributed by atoms with Gasteiger partial charge in [-0.25, -0.2) is 15.0 Å². The molecule has 0 aliphatic carbocycles. The molecule has 2 heterocycles. The minimum atomic E-state index is 0.584. The summed E-state index contributed by atoms with van der Waals surface area (Å²) in [6.07, 6.45) is 0. The smallest absolute Gasteiger partial charge is 0.167 e. The van der Waals surface area contributed by atoms with Crippen LogP contribution >= 0.6 is 0 Å². The molecule has 0 amide bonds. The van der Waals surface area contributed by atoms with Crippen molar-refractivity contribution in [2.24, 2.45) is 0 Å². The Bertz CT molecular complexity index is 2180. The molecule has 0 radical (unpaired) electrons. The van der Waals surface area contributed by atoms with Crippen molar-refractivity contribution in [3.8, 4) is 34.2 Å². The second kappa shape index (κ2) is 8.61. The van der Waals surface area contributed by atoms with Crippen LogP contribution in [0.5, 0.6) is 0 Å². The van der Waals surface area contributed by atoms with Crippen LogP contribution in [0.25, 0.3) is 77.6 Å². The van der Waals surface area contributed by atoms with Crippen LogP contribution in [0, 0.1) is 0 Å². The van der Waals surface area contributed by atoms with E-state index in [4.69, 9.17) is 19.4 Å². The molecule has 39 heavy (non-hydrogen) atoms. The first-order valence-corrected chi connectivity index (χ1v) is 13.0. The third-order valence-corrected chi connectivity index (χ3v) is 7.33. The number of fused-ring (bicyclic) bond motifs is 6. The number of benzene rings is 6. The number of furan rings is 1. The maximum Gasteiger partial charge on any atom is 0.167 e. The summed E-state index contributed by atoms with van der Waals surface area (Å²) in [5.74, 6) is 1.84. The van der Waals surface area contributed by atoms with Gasteiger partial charge in [0.2, 0.25) is 0 Å². The minimum absolute atomic E-state index is 0.584. The average Bonchev–Trinajstić information content (AvgIpc) is 3.40. The molecule has 4 heteroatoms. The Hall–Kier alpha value is -5.35. The van der Waals surface area contributed by atoms with Crippen molar-refractivity contribution in [2.75, 3.05) is 0 Å². The molecule has 4 nitrogen and oxygen atoms in total. The summed E-state index contributed by atoms with van der Waals surface area (Å²) < 4.78 is 6.61. The van der Waals surface area contributed by atoms with Crippen LogP contribution in [-0.4, -0.2) is 15.0 Å². The monoisotopic (exact) mass is 499 g/mol. The maximum absolute atomic E-state index is 6.61. The summed E-state index contributed by atoms with van der Waals surface area (Å²) in [5, 5.41) is 6.61. The molecular formula is C35H21N3O. The molecule has 0 aliphatic heterocycles. The Kier molecular flexibility index (Phi) is 4.79. The van der Waals surface area contributed by atoms with E-state index in [1.54, 1.807) is 0 Å². The molecular weight excluding hydrogens is 478 g/mol. The first kappa shape index (κ1) is 21.7. The van der Waals surface area contributed by atoms with Crippen LogP contribution in [-0.2, 0) is 0 Å². The Balaban J connectivity index is 1.43. The summed E-state index contributed by atoms with van der Waals surface area (Å²) in [6, 6.07) is 43.4. The quantitative estimate of drug-likeness (QED) is 0.243. The molecule has 0 saturated heterocycles. The van der Waals surface area contributed by atoms with Crippen molar-refractivity contribution in [2.45, 2.75) is 0 Å². The first-order valence-electron chi connectivity index (χ1n) is 13.0. The molecule has 0 bridgehead atoms. The Morgan fingerprint density at radius 2 is 0.923 bits per heavy atom. The molecule has 0 N–H and O–H groups in total. The average molecular weight is 500 g/mol. The molecule has 0 saturated carbocycles. The fourth-order valence-corrected chi connectivity index (χ4v) is 5.46. The summed E-state index contributed by atoms with van der Waals surface area (Å²) in [6.45, 7) is 0. The predicted octanol–water partition coefficient (Wildman–Crippen LogP) is 9.08. The van der Waals surface area contributed by atoms with Gasteiger partial charge in [0.25, 0.3) is 0 Å². The molecule has 2 aromatic heterocycles. The number of nitrogens with zero attached hydrogens (tertiary/aromatic N) is 3. The highest BCUT2D eigenvalue weighted by Crippen LogP contribution is 2.38. The third-order valence-electron chi connectivity index (χ3n) is 7.33. The molecule has 0 spiro atoms. The maximum atomic E-state index is 6.61. The Labute approximate surface area is 224 Å². The standard InChI is InChI=1S/C35H21N3O/c1-2-12-24(13-3-1)33-36-34(29-18-8-14-22-10-4-6-15-25(22)29)38-35(37-33)30-19-9-17-27-28-21-20-23-11-5-7-16-26(23)31(28)39-32(27)30/h1-21H. The SMILES string of the molecule is c1ccc(-c2nc(-c3cccc4ccccc34)nc(-c3cccc4c3oc3c5ccccc5ccc43)n2)cc1. The van der Waals surface area contributed by atoms with Gasteiger partial charge in [0.05, 0.1) is 5.56 Å². The van der Waals surface area contributed by atoms with E-state index < -0.39 is 0 Å². The summed E-state index contributed by atoms with van der Waals surface area (Å²) in [4.78, 5) is 15.0. The van der Waals surface area contributed by atoms with Gasteiger partial charge in [0.15, 0.2) is 17.5 Å². The molecule has 0 aliphatic rings. The van der Waals surface area contributed by atoms with Gasteiger partial charge in [-0.2, -0.15) is 0 Å². The highest BCUT2D eigenvalue weighted by atomic mass is 16.3. The van der Waals surface area contributed by atoms with E-state index in [1.165, 1.54) is 0 Å². The lowest BCUT2D eigenvalue weighted by molar-refractivity contribution is 0.673. The molecule has 182 valence electrons. The van der Waals surface area contributed by atoms with E-state index in [1.807, 2.05) is 72.8 Å². The van der Waals surface area contributed by atoms with Gasteiger partial charge in [-0.1, -0.05) is 115 Å². The summed E-state index contributed by atoms with van der Waals surface area (Å²) in [7, 11) is 0. The summed E-state index contributed by atoms with van der Waals surface area (Å²) in [5.41, 5.74) is 4.40. The van der Waals surface area contributed by atoms with E-state index in [9.17, 15) is 0 Å². The van der Waals surface area contributed by atoms with Gasteiger partial charge < -0.3 is 4.42 Å². The fraction of sp³-hybridized carbons (Fsp3) is 0. The van der Waals surface area contributed by atoms with Gasteiger partial charge in [-0.3, -0.25) is 0 Å². The van der Waals surface area contributed by atoms with Gasteiger partial charge in [-0.15, -0.1) is 0 Å². The van der Waals surface area contributed by atoms with Gasteiger partial charge in [0.1, 0.15) is 11.2 Å². The van der Waals surface area contributed by atoms with E-state index in [0.717, 1.165) is 60.2 Å². The molecule has 8 aromatic rings. The zero-order valence-corrected chi connectivity index (χ0v) is 20.9. The molecule has 0 unspecified atom stereocenters. The lowest BCUT2D eigenvalue weighted by Gasteiger charge is -2.10.